The third kappa shape index (κ3) is 2.24. The van der Waals surface area contributed by atoms with E-state index < -0.39 is 0 Å². The van der Waals surface area contributed by atoms with Crippen LogP contribution in [0.4, 0.5) is 0 Å². The summed E-state index contributed by atoms with van der Waals surface area (Å²) in [4.78, 5) is 0. The van der Waals surface area contributed by atoms with Crippen molar-refractivity contribution in [3.05, 3.63) is 41.6 Å². The van der Waals surface area contributed by atoms with Gasteiger partial charge in [-0.1, -0.05) is 12.1 Å². The Balaban J connectivity index is 2.46. The SMILES string of the molecule is Cc1cc(-c2ccnn2C(C)C)ccc1CO. The Morgan fingerprint density at radius 2 is 2.06 bits per heavy atom. The average molecular weight is 230 g/mol. The first kappa shape index (κ1) is 11.9. The highest BCUT2D eigenvalue weighted by Crippen LogP contribution is 2.24. The van der Waals surface area contributed by atoms with Gasteiger partial charge in [0.2, 0.25) is 0 Å². The molecule has 1 N–H and O–H groups in total. The minimum Gasteiger partial charge on any atom is -0.392 e. The average Bonchev–Trinajstić information content (AvgIpc) is 2.77. The summed E-state index contributed by atoms with van der Waals surface area (Å²) in [7, 11) is 0. The van der Waals surface area contributed by atoms with Gasteiger partial charge in [0.15, 0.2) is 0 Å². The first-order chi connectivity index (χ1) is 8.13. The van der Waals surface area contributed by atoms with Gasteiger partial charge in [-0.15, -0.1) is 0 Å². The Morgan fingerprint density at radius 3 is 2.65 bits per heavy atom. The molecule has 3 nitrogen and oxygen atoms in total. The summed E-state index contributed by atoms with van der Waals surface area (Å²) in [5, 5.41) is 13.5. The fourth-order valence-electron chi connectivity index (χ4n) is 1.99. The molecule has 1 aromatic heterocycles. The van der Waals surface area contributed by atoms with Gasteiger partial charge in [-0.3, -0.25) is 4.68 Å². The van der Waals surface area contributed by atoms with Crippen LogP contribution < -0.4 is 0 Å². The van der Waals surface area contributed by atoms with Crippen LogP contribution in [0.2, 0.25) is 0 Å². The van der Waals surface area contributed by atoms with Gasteiger partial charge in [-0.2, -0.15) is 5.10 Å². The van der Waals surface area contributed by atoms with Gasteiger partial charge in [0, 0.05) is 17.8 Å². The molecular weight excluding hydrogens is 212 g/mol. The summed E-state index contributed by atoms with van der Waals surface area (Å²) in [5.41, 5.74) is 4.35. The standard InChI is InChI=1S/C14H18N2O/c1-10(2)16-14(6-7-15-16)12-4-5-13(9-17)11(3)8-12/h4-8,10,17H,9H2,1-3H3. The Kier molecular flexibility index (Phi) is 3.29. The minimum absolute atomic E-state index is 0.0928. The zero-order valence-electron chi connectivity index (χ0n) is 10.5. The lowest BCUT2D eigenvalue weighted by atomic mass is 10.0. The number of aromatic nitrogens is 2. The maximum Gasteiger partial charge on any atom is 0.0685 e. The molecule has 3 heteroatoms. The lowest BCUT2D eigenvalue weighted by molar-refractivity contribution is 0.281. The van der Waals surface area contributed by atoms with Gasteiger partial charge < -0.3 is 5.11 Å². The Labute approximate surface area is 102 Å². The van der Waals surface area contributed by atoms with Crippen LogP contribution in [-0.2, 0) is 6.61 Å². The number of aliphatic hydroxyl groups is 1. The largest absolute Gasteiger partial charge is 0.392 e. The molecule has 0 radical (unpaired) electrons. The molecule has 1 aromatic carbocycles. The van der Waals surface area contributed by atoms with Crippen molar-refractivity contribution in [3.8, 4) is 11.3 Å². The highest BCUT2D eigenvalue weighted by Gasteiger charge is 2.09. The van der Waals surface area contributed by atoms with Crippen molar-refractivity contribution in [1.82, 2.24) is 9.78 Å². The van der Waals surface area contributed by atoms with Crippen LogP contribution in [-0.4, -0.2) is 14.9 Å². The monoisotopic (exact) mass is 230 g/mol. The van der Waals surface area contributed by atoms with E-state index in [1.807, 2.05) is 36.0 Å². The van der Waals surface area contributed by atoms with Crippen molar-refractivity contribution in [1.29, 1.82) is 0 Å². The van der Waals surface area contributed by atoms with Crippen LogP contribution in [0, 0.1) is 6.92 Å². The molecule has 2 rings (SSSR count). The third-order valence-electron chi connectivity index (χ3n) is 2.97. The number of aryl methyl sites for hydroxylation is 1. The van der Waals surface area contributed by atoms with Crippen LogP contribution in [0.5, 0.6) is 0 Å². The predicted molar refractivity (Wildman–Crippen MR) is 68.7 cm³/mol. The second kappa shape index (κ2) is 4.72. The zero-order chi connectivity index (χ0) is 12.4. The molecule has 0 amide bonds. The van der Waals surface area contributed by atoms with E-state index in [0.717, 1.165) is 22.4 Å². The molecule has 0 saturated carbocycles. The number of nitrogens with zero attached hydrogens (tertiary/aromatic N) is 2. The fourth-order valence-corrected chi connectivity index (χ4v) is 1.99. The van der Waals surface area contributed by atoms with Crippen LogP contribution in [0.15, 0.2) is 30.5 Å². The molecule has 0 spiro atoms. The molecule has 2 aromatic rings. The molecule has 0 aliphatic rings. The zero-order valence-corrected chi connectivity index (χ0v) is 10.5. The van der Waals surface area contributed by atoms with E-state index in [4.69, 9.17) is 5.11 Å². The second-order valence-corrected chi connectivity index (χ2v) is 4.55. The molecule has 0 bridgehead atoms. The van der Waals surface area contributed by atoms with Gasteiger partial charge in [0.1, 0.15) is 0 Å². The van der Waals surface area contributed by atoms with Crippen molar-refractivity contribution in [2.45, 2.75) is 33.4 Å². The van der Waals surface area contributed by atoms with Crippen molar-refractivity contribution >= 4 is 0 Å². The maximum atomic E-state index is 9.17. The van der Waals surface area contributed by atoms with E-state index in [1.165, 1.54) is 0 Å². The summed E-state index contributed by atoms with van der Waals surface area (Å²) in [6.07, 6.45) is 1.82. The Bertz CT molecular complexity index is 515. The summed E-state index contributed by atoms with van der Waals surface area (Å²) in [5.74, 6) is 0. The second-order valence-electron chi connectivity index (χ2n) is 4.55. The van der Waals surface area contributed by atoms with Gasteiger partial charge in [0.25, 0.3) is 0 Å². The molecular formula is C14H18N2O. The first-order valence-corrected chi connectivity index (χ1v) is 5.87. The smallest absolute Gasteiger partial charge is 0.0685 e. The highest BCUT2D eigenvalue weighted by molar-refractivity contribution is 5.61. The third-order valence-corrected chi connectivity index (χ3v) is 2.97. The fraction of sp³-hybridized carbons (Fsp3) is 0.357. The van der Waals surface area contributed by atoms with Crippen LogP contribution in [0.25, 0.3) is 11.3 Å². The van der Waals surface area contributed by atoms with E-state index >= 15 is 0 Å². The Morgan fingerprint density at radius 1 is 1.29 bits per heavy atom. The van der Waals surface area contributed by atoms with Crippen molar-refractivity contribution < 1.29 is 5.11 Å². The van der Waals surface area contributed by atoms with E-state index in [1.54, 1.807) is 0 Å². The molecule has 0 atom stereocenters. The minimum atomic E-state index is 0.0928. The lowest BCUT2D eigenvalue weighted by Gasteiger charge is -2.12. The van der Waals surface area contributed by atoms with Crippen LogP contribution >= 0.6 is 0 Å². The molecule has 0 unspecified atom stereocenters. The Hall–Kier alpha value is -1.61. The van der Waals surface area contributed by atoms with Crippen molar-refractivity contribution in [2.24, 2.45) is 0 Å². The van der Waals surface area contributed by atoms with E-state index in [2.05, 4.69) is 25.0 Å². The maximum absolute atomic E-state index is 9.17. The molecule has 0 aliphatic heterocycles. The quantitative estimate of drug-likeness (QED) is 0.880. The molecule has 90 valence electrons. The summed E-state index contributed by atoms with van der Waals surface area (Å²) >= 11 is 0. The van der Waals surface area contributed by atoms with Gasteiger partial charge >= 0.3 is 0 Å². The van der Waals surface area contributed by atoms with Crippen molar-refractivity contribution in [2.75, 3.05) is 0 Å². The van der Waals surface area contributed by atoms with Gasteiger partial charge in [-0.05, 0) is 44.0 Å². The summed E-state index contributed by atoms with van der Waals surface area (Å²) in [6, 6.07) is 8.48. The van der Waals surface area contributed by atoms with E-state index in [-0.39, 0.29) is 6.61 Å². The topological polar surface area (TPSA) is 38.0 Å². The molecule has 0 saturated heterocycles. The van der Waals surface area contributed by atoms with E-state index in [9.17, 15) is 0 Å². The van der Waals surface area contributed by atoms with Crippen LogP contribution in [0.1, 0.15) is 31.0 Å². The number of hydrogen-bond acceptors (Lipinski definition) is 2. The molecule has 17 heavy (non-hydrogen) atoms. The van der Waals surface area contributed by atoms with E-state index in [0.29, 0.717) is 6.04 Å². The summed E-state index contributed by atoms with van der Waals surface area (Å²) < 4.78 is 2.01. The van der Waals surface area contributed by atoms with Crippen molar-refractivity contribution in [3.63, 3.8) is 0 Å². The molecule has 0 fully saturated rings. The first-order valence-electron chi connectivity index (χ1n) is 5.87. The molecule has 0 aliphatic carbocycles. The van der Waals surface area contributed by atoms with Gasteiger partial charge in [0.05, 0.1) is 12.3 Å². The molecule has 1 heterocycles. The highest BCUT2D eigenvalue weighted by atomic mass is 16.3. The number of rotatable bonds is 3. The predicted octanol–water partition coefficient (Wildman–Crippen LogP) is 2.93. The van der Waals surface area contributed by atoms with Gasteiger partial charge in [-0.25, -0.2) is 0 Å². The number of aliphatic hydroxyl groups excluding tert-OH is 1. The number of benzene rings is 1. The normalized spacial score (nSPS) is 11.1. The summed E-state index contributed by atoms with van der Waals surface area (Å²) in [6.45, 7) is 6.34. The lowest BCUT2D eigenvalue weighted by Crippen LogP contribution is -2.04. The van der Waals surface area contributed by atoms with Crippen LogP contribution in [0.3, 0.4) is 0 Å². The number of hydrogen-bond donors (Lipinski definition) is 1.